The fourth-order valence-corrected chi connectivity index (χ4v) is 1.51. The zero-order chi connectivity index (χ0) is 10.1. The van der Waals surface area contributed by atoms with E-state index < -0.39 is 0 Å². The Morgan fingerprint density at radius 2 is 2.21 bits per heavy atom. The van der Waals surface area contributed by atoms with E-state index in [9.17, 15) is 0 Å². The highest BCUT2D eigenvalue weighted by Crippen LogP contribution is 2.25. The molecular formula is C9H14N4O. The maximum absolute atomic E-state index is 9.12. The molecule has 14 heavy (non-hydrogen) atoms. The lowest BCUT2D eigenvalue weighted by molar-refractivity contribution is 0.0835. The zero-order valence-electron chi connectivity index (χ0n) is 8.07. The van der Waals surface area contributed by atoms with Crippen molar-refractivity contribution in [2.75, 3.05) is 11.1 Å². The van der Waals surface area contributed by atoms with Crippen molar-refractivity contribution in [2.45, 2.75) is 31.9 Å². The number of aliphatic hydroxyl groups excluding tert-OH is 1. The third kappa shape index (κ3) is 1.63. The molecule has 0 spiro atoms. The Hall–Kier alpha value is -1.36. The molecular weight excluding hydrogens is 180 g/mol. The van der Waals surface area contributed by atoms with E-state index in [4.69, 9.17) is 10.8 Å². The normalized spacial score (nSPS) is 25.6. The van der Waals surface area contributed by atoms with Crippen LogP contribution in [0.25, 0.3) is 0 Å². The van der Waals surface area contributed by atoms with Gasteiger partial charge in [-0.1, -0.05) is 0 Å². The standard InChI is InChI=1S/C9H14N4O/c1-5-8(10)11-4-12-9(5)13-6-2-7(14)3-6/h4,6-7,14H,2-3H2,1H3,(H3,10,11,12,13). The molecule has 1 saturated carbocycles. The van der Waals surface area contributed by atoms with E-state index in [-0.39, 0.29) is 6.10 Å². The summed E-state index contributed by atoms with van der Waals surface area (Å²) in [5.41, 5.74) is 6.51. The van der Waals surface area contributed by atoms with Crippen LogP contribution in [0.2, 0.25) is 0 Å². The van der Waals surface area contributed by atoms with Gasteiger partial charge in [-0.05, 0) is 19.8 Å². The summed E-state index contributed by atoms with van der Waals surface area (Å²) in [5, 5.41) is 12.3. The molecule has 1 heterocycles. The van der Waals surface area contributed by atoms with Crippen molar-refractivity contribution in [2.24, 2.45) is 0 Å². The molecule has 0 unspecified atom stereocenters. The minimum atomic E-state index is -0.160. The number of nitrogens with two attached hydrogens (primary N) is 1. The van der Waals surface area contributed by atoms with Gasteiger partial charge in [0.2, 0.25) is 0 Å². The Balaban J connectivity index is 2.06. The van der Waals surface area contributed by atoms with Crippen LogP contribution in [0.3, 0.4) is 0 Å². The fraction of sp³-hybridized carbons (Fsp3) is 0.556. The number of aromatic nitrogens is 2. The van der Waals surface area contributed by atoms with E-state index >= 15 is 0 Å². The number of aliphatic hydroxyl groups is 1. The Kier molecular flexibility index (Phi) is 2.25. The van der Waals surface area contributed by atoms with Gasteiger partial charge in [0.15, 0.2) is 0 Å². The van der Waals surface area contributed by atoms with E-state index in [1.165, 1.54) is 6.33 Å². The molecule has 76 valence electrons. The van der Waals surface area contributed by atoms with E-state index in [1.807, 2.05) is 6.92 Å². The lowest BCUT2D eigenvalue weighted by Gasteiger charge is -2.32. The first-order chi connectivity index (χ1) is 6.66. The van der Waals surface area contributed by atoms with Gasteiger partial charge in [-0.3, -0.25) is 0 Å². The van der Waals surface area contributed by atoms with Gasteiger partial charge in [0.1, 0.15) is 18.0 Å². The summed E-state index contributed by atoms with van der Waals surface area (Å²) < 4.78 is 0. The van der Waals surface area contributed by atoms with Crippen LogP contribution in [0, 0.1) is 6.92 Å². The monoisotopic (exact) mass is 194 g/mol. The lowest BCUT2D eigenvalue weighted by Crippen LogP contribution is -2.39. The first kappa shape index (κ1) is 9.21. The van der Waals surface area contributed by atoms with Crippen LogP contribution >= 0.6 is 0 Å². The third-order valence-corrected chi connectivity index (χ3v) is 2.58. The summed E-state index contributed by atoms with van der Waals surface area (Å²) in [6, 6.07) is 0.318. The summed E-state index contributed by atoms with van der Waals surface area (Å²) in [6.07, 6.45) is 2.85. The van der Waals surface area contributed by atoms with Crippen LogP contribution in [0.5, 0.6) is 0 Å². The Morgan fingerprint density at radius 3 is 2.86 bits per heavy atom. The SMILES string of the molecule is Cc1c(N)ncnc1NC1CC(O)C1. The van der Waals surface area contributed by atoms with Crippen molar-refractivity contribution in [3.8, 4) is 0 Å². The number of rotatable bonds is 2. The first-order valence-corrected chi connectivity index (χ1v) is 4.68. The Morgan fingerprint density at radius 1 is 1.50 bits per heavy atom. The predicted molar refractivity (Wildman–Crippen MR) is 53.8 cm³/mol. The van der Waals surface area contributed by atoms with Crippen LogP contribution in [0.15, 0.2) is 6.33 Å². The van der Waals surface area contributed by atoms with Gasteiger partial charge in [0.05, 0.1) is 6.10 Å². The summed E-state index contributed by atoms with van der Waals surface area (Å²) >= 11 is 0. The quantitative estimate of drug-likeness (QED) is 0.630. The molecule has 0 radical (unpaired) electrons. The largest absolute Gasteiger partial charge is 0.393 e. The molecule has 0 saturated heterocycles. The molecule has 1 fully saturated rings. The van der Waals surface area contributed by atoms with Crippen LogP contribution < -0.4 is 11.1 Å². The van der Waals surface area contributed by atoms with Crippen molar-refractivity contribution in [1.82, 2.24) is 9.97 Å². The second kappa shape index (κ2) is 3.42. The number of hydrogen-bond acceptors (Lipinski definition) is 5. The number of nitrogen functional groups attached to an aromatic ring is 1. The summed E-state index contributed by atoms with van der Waals surface area (Å²) in [5.74, 6) is 1.27. The smallest absolute Gasteiger partial charge is 0.134 e. The Labute approximate surface area is 82.4 Å². The number of nitrogens with one attached hydrogen (secondary N) is 1. The molecule has 1 aromatic rings. The average Bonchev–Trinajstić information content (AvgIpc) is 2.10. The topological polar surface area (TPSA) is 84.1 Å². The molecule has 0 atom stereocenters. The maximum Gasteiger partial charge on any atom is 0.134 e. The van der Waals surface area contributed by atoms with Crippen LogP contribution in [0.4, 0.5) is 11.6 Å². The lowest BCUT2D eigenvalue weighted by atomic mass is 9.89. The summed E-state index contributed by atoms with van der Waals surface area (Å²) in [7, 11) is 0. The van der Waals surface area contributed by atoms with E-state index in [2.05, 4.69) is 15.3 Å². The van der Waals surface area contributed by atoms with E-state index in [0.717, 1.165) is 24.2 Å². The van der Waals surface area contributed by atoms with Gasteiger partial charge in [-0.15, -0.1) is 0 Å². The van der Waals surface area contributed by atoms with Crippen molar-refractivity contribution in [3.05, 3.63) is 11.9 Å². The van der Waals surface area contributed by atoms with E-state index in [1.54, 1.807) is 0 Å². The van der Waals surface area contributed by atoms with Crippen molar-refractivity contribution in [1.29, 1.82) is 0 Å². The number of nitrogens with zero attached hydrogens (tertiary/aromatic N) is 2. The van der Waals surface area contributed by atoms with Crippen molar-refractivity contribution >= 4 is 11.6 Å². The molecule has 1 aromatic heterocycles. The highest BCUT2D eigenvalue weighted by molar-refractivity contribution is 5.54. The number of anilines is 2. The fourth-order valence-electron chi connectivity index (χ4n) is 1.51. The van der Waals surface area contributed by atoms with Gasteiger partial charge in [-0.25, -0.2) is 9.97 Å². The highest BCUT2D eigenvalue weighted by atomic mass is 16.3. The third-order valence-electron chi connectivity index (χ3n) is 2.58. The Bertz CT molecular complexity index is 336. The molecule has 5 heteroatoms. The van der Waals surface area contributed by atoms with Gasteiger partial charge >= 0.3 is 0 Å². The molecule has 0 aromatic carbocycles. The minimum Gasteiger partial charge on any atom is -0.393 e. The van der Waals surface area contributed by atoms with Gasteiger partial charge < -0.3 is 16.2 Å². The molecule has 1 aliphatic carbocycles. The minimum absolute atomic E-state index is 0.160. The molecule has 1 aliphatic rings. The first-order valence-electron chi connectivity index (χ1n) is 4.68. The van der Waals surface area contributed by atoms with Gasteiger partial charge in [0, 0.05) is 11.6 Å². The second-order valence-corrected chi connectivity index (χ2v) is 3.70. The molecule has 0 aliphatic heterocycles. The van der Waals surface area contributed by atoms with Crippen LogP contribution in [0.1, 0.15) is 18.4 Å². The molecule has 5 nitrogen and oxygen atoms in total. The predicted octanol–water partition coefficient (Wildman–Crippen LogP) is 0.302. The summed E-state index contributed by atoms with van der Waals surface area (Å²) in [4.78, 5) is 7.98. The van der Waals surface area contributed by atoms with Crippen molar-refractivity contribution in [3.63, 3.8) is 0 Å². The molecule has 0 bridgehead atoms. The summed E-state index contributed by atoms with van der Waals surface area (Å²) in [6.45, 7) is 1.88. The maximum atomic E-state index is 9.12. The average molecular weight is 194 g/mol. The molecule has 2 rings (SSSR count). The van der Waals surface area contributed by atoms with Crippen molar-refractivity contribution < 1.29 is 5.11 Å². The molecule has 4 N–H and O–H groups in total. The van der Waals surface area contributed by atoms with Gasteiger partial charge in [0.25, 0.3) is 0 Å². The second-order valence-electron chi connectivity index (χ2n) is 3.70. The zero-order valence-corrected chi connectivity index (χ0v) is 8.07. The van der Waals surface area contributed by atoms with Gasteiger partial charge in [-0.2, -0.15) is 0 Å². The van der Waals surface area contributed by atoms with Crippen LogP contribution in [-0.2, 0) is 0 Å². The number of hydrogen-bond donors (Lipinski definition) is 3. The van der Waals surface area contributed by atoms with E-state index in [0.29, 0.717) is 11.9 Å². The van der Waals surface area contributed by atoms with Crippen LogP contribution in [-0.4, -0.2) is 27.2 Å². The highest BCUT2D eigenvalue weighted by Gasteiger charge is 2.27. The molecule has 0 amide bonds.